The Kier molecular flexibility index (Phi) is 13.7. The van der Waals surface area contributed by atoms with Gasteiger partial charge in [-0.25, -0.2) is 0 Å². The molecule has 1 N–H and O–H groups in total. The first-order valence-corrected chi connectivity index (χ1v) is 15.6. The summed E-state index contributed by atoms with van der Waals surface area (Å²) in [6.45, 7) is 5.69. The highest BCUT2D eigenvalue weighted by Gasteiger charge is 2.16. The molecular formula is C32H44ClN2O2S+. The van der Waals surface area contributed by atoms with E-state index in [0.29, 0.717) is 22.9 Å². The minimum Gasteiger partial charge on any atom is -0.491 e. The van der Waals surface area contributed by atoms with E-state index in [9.17, 15) is 4.79 Å². The highest BCUT2D eigenvalue weighted by molar-refractivity contribution is 7.09. The van der Waals surface area contributed by atoms with Gasteiger partial charge in [0, 0.05) is 11.3 Å². The lowest BCUT2D eigenvalue weighted by molar-refractivity contribution is -0.683. The molecule has 0 aliphatic rings. The van der Waals surface area contributed by atoms with Crippen molar-refractivity contribution >= 4 is 34.5 Å². The average molecular weight is 556 g/mol. The molecule has 1 aromatic heterocycles. The van der Waals surface area contributed by atoms with Gasteiger partial charge in [0.05, 0.1) is 22.1 Å². The molecular weight excluding hydrogens is 512 g/mol. The minimum absolute atomic E-state index is 0.214. The van der Waals surface area contributed by atoms with E-state index in [2.05, 4.69) is 41.5 Å². The molecule has 4 nitrogen and oxygen atoms in total. The second-order valence-corrected chi connectivity index (χ2v) is 11.6. The average Bonchev–Trinajstić information content (AvgIpc) is 3.31. The van der Waals surface area contributed by atoms with Crippen molar-refractivity contribution in [3.05, 3.63) is 75.2 Å². The summed E-state index contributed by atoms with van der Waals surface area (Å²) in [6.07, 6.45) is 17.7. The lowest BCUT2D eigenvalue weighted by atomic mass is 10.1. The van der Waals surface area contributed by atoms with Crippen LogP contribution in [0.5, 0.6) is 5.75 Å². The minimum atomic E-state index is -0.214. The number of aromatic nitrogens is 1. The Morgan fingerprint density at radius 3 is 2.24 bits per heavy atom. The molecule has 3 rings (SSSR count). The number of benzene rings is 2. The standard InChI is InChI=1S/C32H43ClN2O2S/c1-3-4-5-6-7-8-9-10-11-12-13-14-21-37-31-29(19-16-20-30(31)33)32(36)34-28-18-15-17-27(22-28)24-35-23-26(2)38-25-35/h15-20,22-23,25H,3-14,21,24H2,1-2H3/p+1. The van der Waals surface area contributed by atoms with Crippen molar-refractivity contribution in [2.24, 2.45) is 0 Å². The lowest BCUT2D eigenvalue weighted by Crippen LogP contribution is -2.30. The Hall–Kier alpha value is -2.37. The first-order valence-electron chi connectivity index (χ1n) is 14.3. The number of rotatable bonds is 18. The maximum atomic E-state index is 13.1. The van der Waals surface area contributed by atoms with Crippen molar-refractivity contribution in [1.29, 1.82) is 0 Å². The van der Waals surface area contributed by atoms with Crippen molar-refractivity contribution in [2.45, 2.75) is 97.4 Å². The molecule has 6 heteroatoms. The molecule has 0 saturated carbocycles. The van der Waals surface area contributed by atoms with Gasteiger partial charge < -0.3 is 10.1 Å². The Morgan fingerprint density at radius 1 is 0.921 bits per heavy atom. The van der Waals surface area contributed by atoms with Crippen LogP contribution in [0.1, 0.15) is 105 Å². The highest BCUT2D eigenvalue weighted by atomic mass is 35.5. The molecule has 206 valence electrons. The van der Waals surface area contributed by atoms with Crippen molar-refractivity contribution in [3.63, 3.8) is 0 Å². The fourth-order valence-corrected chi connectivity index (χ4v) is 5.50. The highest BCUT2D eigenvalue weighted by Crippen LogP contribution is 2.30. The summed E-state index contributed by atoms with van der Waals surface area (Å²) in [7, 11) is 0. The zero-order valence-electron chi connectivity index (χ0n) is 23.1. The molecule has 0 unspecified atom stereocenters. The number of thiazole rings is 1. The fourth-order valence-electron chi connectivity index (χ4n) is 4.64. The van der Waals surface area contributed by atoms with Crippen molar-refractivity contribution < 1.29 is 14.1 Å². The molecule has 3 aromatic rings. The molecule has 0 saturated heterocycles. The van der Waals surface area contributed by atoms with Crippen LogP contribution in [0.4, 0.5) is 5.69 Å². The van der Waals surface area contributed by atoms with Gasteiger partial charge in [-0.05, 0) is 37.6 Å². The smallest absolute Gasteiger partial charge is 0.259 e. The van der Waals surface area contributed by atoms with E-state index in [1.54, 1.807) is 29.5 Å². The van der Waals surface area contributed by atoms with Crippen LogP contribution >= 0.6 is 22.9 Å². The van der Waals surface area contributed by atoms with Gasteiger partial charge in [0.25, 0.3) is 5.91 Å². The quantitative estimate of drug-likeness (QED) is 0.125. The molecule has 0 radical (unpaired) electrons. The molecule has 0 atom stereocenters. The lowest BCUT2D eigenvalue weighted by Gasteiger charge is -2.13. The normalized spacial score (nSPS) is 11.0. The van der Waals surface area contributed by atoms with Gasteiger partial charge in [-0.15, -0.1) is 0 Å². The number of nitrogens with zero attached hydrogens (tertiary/aromatic N) is 1. The maximum absolute atomic E-state index is 13.1. The number of hydrogen-bond donors (Lipinski definition) is 1. The summed E-state index contributed by atoms with van der Waals surface area (Å²) in [5.41, 5.74) is 4.45. The van der Waals surface area contributed by atoms with Gasteiger partial charge in [0.2, 0.25) is 5.51 Å². The van der Waals surface area contributed by atoms with Gasteiger partial charge in [-0.2, -0.15) is 4.57 Å². The van der Waals surface area contributed by atoms with E-state index in [0.717, 1.165) is 30.6 Å². The third-order valence-electron chi connectivity index (χ3n) is 6.73. The van der Waals surface area contributed by atoms with Crippen LogP contribution in [-0.4, -0.2) is 12.5 Å². The number of halogens is 1. The van der Waals surface area contributed by atoms with E-state index in [-0.39, 0.29) is 5.91 Å². The molecule has 0 fully saturated rings. The Labute approximate surface area is 238 Å². The van der Waals surface area contributed by atoms with E-state index in [1.807, 2.05) is 18.2 Å². The molecule has 0 aliphatic heterocycles. The van der Waals surface area contributed by atoms with Crippen LogP contribution in [0.2, 0.25) is 5.02 Å². The number of carbonyl (C=O) groups is 1. The molecule has 1 amide bonds. The summed E-state index contributed by atoms with van der Waals surface area (Å²) < 4.78 is 8.18. The number of amides is 1. The number of carbonyl (C=O) groups excluding carboxylic acids is 1. The van der Waals surface area contributed by atoms with E-state index < -0.39 is 0 Å². The van der Waals surface area contributed by atoms with Crippen LogP contribution in [0.15, 0.2) is 54.2 Å². The number of hydrogen-bond acceptors (Lipinski definition) is 3. The van der Waals surface area contributed by atoms with Crippen molar-refractivity contribution in [1.82, 2.24) is 0 Å². The number of para-hydroxylation sites is 1. The van der Waals surface area contributed by atoms with Crippen LogP contribution < -0.4 is 14.6 Å². The fraction of sp³-hybridized carbons (Fsp3) is 0.500. The van der Waals surface area contributed by atoms with E-state index >= 15 is 0 Å². The third-order valence-corrected chi connectivity index (χ3v) is 7.88. The van der Waals surface area contributed by atoms with Gasteiger partial charge in [0.15, 0.2) is 18.5 Å². The predicted molar refractivity (Wildman–Crippen MR) is 161 cm³/mol. The van der Waals surface area contributed by atoms with Crippen LogP contribution in [-0.2, 0) is 6.54 Å². The summed E-state index contributed by atoms with van der Waals surface area (Å²) >= 11 is 8.16. The topological polar surface area (TPSA) is 42.2 Å². The van der Waals surface area contributed by atoms with Gasteiger partial charge in [0.1, 0.15) is 0 Å². The zero-order valence-corrected chi connectivity index (χ0v) is 24.7. The molecule has 0 spiro atoms. The first-order chi connectivity index (χ1) is 18.6. The third kappa shape index (κ3) is 10.8. The Bertz CT molecular complexity index is 1110. The first kappa shape index (κ1) is 30.2. The van der Waals surface area contributed by atoms with Crippen LogP contribution in [0.25, 0.3) is 0 Å². The number of ether oxygens (including phenoxy) is 1. The largest absolute Gasteiger partial charge is 0.491 e. The van der Waals surface area contributed by atoms with E-state index in [4.69, 9.17) is 16.3 Å². The summed E-state index contributed by atoms with van der Waals surface area (Å²) in [6, 6.07) is 13.3. The summed E-state index contributed by atoms with van der Waals surface area (Å²) in [5.74, 6) is 0.253. The summed E-state index contributed by atoms with van der Waals surface area (Å²) in [4.78, 5) is 14.4. The van der Waals surface area contributed by atoms with Crippen molar-refractivity contribution in [3.8, 4) is 5.75 Å². The van der Waals surface area contributed by atoms with Gasteiger partial charge in [-0.1, -0.05) is 119 Å². The molecule has 38 heavy (non-hydrogen) atoms. The molecule has 1 heterocycles. The second-order valence-electron chi connectivity index (χ2n) is 10.1. The summed E-state index contributed by atoms with van der Waals surface area (Å²) in [5, 5.41) is 3.49. The van der Waals surface area contributed by atoms with Crippen molar-refractivity contribution in [2.75, 3.05) is 11.9 Å². The monoisotopic (exact) mass is 555 g/mol. The maximum Gasteiger partial charge on any atom is 0.259 e. The Balaban J connectivity index is 1.40. The predicted octanol–water partition coefficient (Wildman–Crippen LogP) is 9.38. The van der Waals surface area contributed by atoms with Crippen LogP contribution in [0.3, 0.4) is 0 Å². The van der Waals surface area contributed by atoms with Gasteiger partial charge >= 0.3 is 0 Å². The number of anilines is 1. The number of unbranched alkanes of at least 4 members (excludes halogenated alkanes) is 11. The Morgan fingerprint density at radius 2 is 1.58 bits per heavy atom. The molecule has 2 aromatic carbocycles. The number of nitrogens with one attached hydrogen (secondary N) is 1. The zero-order chi connectivity index (χ0) is 27.0. The van der Waals surface area contributed by atoms with Gasteiger partial charge in [-0.3, -0.25) is 4.79 Å². The second kappa shape index (κ2) is 17.3. The van der Waals surface area contributed by atoms with E-state index in [1.165, 1.54) is 69.1 Å². The SMILES string of the molecule is CCCCCCCCCCCCCCOc1c(Cl)cccc1C(=O)Nc1cccc(C[n+]2csc(C)c2)c1. The molecule has 0 bridgehead atoms. The number of aryl methyl sites for hydroxylation is 1. The molecule has 0 aliphatic carbocycles. The van der Waals surface area contributed by atoms with Crippen LogP contribution in [0, 0.1) is 6.92 Å².